The van der Waals surface area contributed by atoms with Crippen molar-refractivity contribution in [1.82, 2.24) is 4.90 Å². The first kappa shape index (κ1) is 16.3. The van der Waals surface area contributed by atoms with E-state index in [-0.39, 0.29) is 17.2 Å². The molecule has 4 N–H and O–H groups in total. The molecule has 21 heavy (non-hydrogen) atoms. The largest absolute Gasteiger partial charge is 0.370 e. The first-order valence-electron chi connectivity index (χ1n) is 8.24. The molecule has 0 aromatic rings. The van der Waals surface area contributed by atoms with E-state index in [1.165, 1.54) is 0 Å². The van der Waals surface area contributed by atoms with E-state index in [1.807, 2.05) is 4.90 Å². The third-order valence-electron chi connectivity index (χ3n) is 5.47. The van der Waals surface area contributed by atoms with E-state index in [0.29, 0.717) is 24.8 Å². The topological polar surface area (TPSA) is 89.4 Å². The first-order valence-corrected chi connectivity index (χ1v) is 8.24. The van der Waals surface area contributed by atoms with E-state index in [1.54, 1.807) is 0 Å². The van der Waals surface area contributed by atoms with Crippen LogP contribution in [-0.2, 0) is 9.59 Å². The normalized spacial score (nSPS) is 31.1. The van der Waals surface area contributed by atoms with Gasteiger partial charge in [-0.15, -0.1) is 0 Å². The molecule has 1 heterocycles. The van der Waals surface area contributed by atoms with E-state index in [4.69, 9.17) is 11.5 Å². The second-order valence-electron chi connectivity index (χ2n) is 7.07. The predicted octanol–water partition coefficient (Wildman–Crippen LogP) is 1.26. The average Bonchev–Trinajstić information content (AvgIpc) is 2.48. The van der Waals surface area contributed by atoms with Gasteiger partial charge in [-0.2, -0.15) is 0 Å². The smallest absolute Gasteiger partial charge is 0.230 e. The van der Waals surface area contributed by atoms with Gasteiger partial charge in [0.1, 0.15) is 0 Å². The molecule has 1 aliphatic heterocycles. The summed E-state index contributed by atoms with van der Waals surface area (Å²) in [5.74, 6) is 1.06. The maximum absolute atomic E-state index is 12.9. The van der Waals surface area contributed by atoms with Gasteiger partial charge in [0.15, 0.2) is 0 Å². The lowest BCUT2D eigenvalue weighted by Crippen LogP contribution is -2.52. The number of rotatable bonds is 4. The Bertz CT molecular complexity index is 381. The molecule has 2 aliphatic rings. The zero-order valence-corrected chi connectivity index (χ0v) is 13.1. The van der Waals surface area contributed by atoms with Crippen molar-refractivity contribution in [3.8, 4) is 0 Å². The Balaban J connectivity index is 1.92. The van der Waals surface area contributed by atoms with Gasteiger partial charge in [-0.05, 0) is 50.4 Å². The highest BCUT2D eigenvalue weighted by atomic mass is 16.2. The molecule has 0 radical (unpaired) electrons. The Kier molecular flexibility index (Phi) is 5.25. The number of hydrogen-bond donors (Lipinski definition) is 2. The maximum atomic E-state index is 12.9. The summed E-state index contributed by atoms with van der Waals surface area (Å²) in [6.45, 7) is 4.20. The van der Waals surface area contributed by atoms with Gasteiger partial charge in [-0.3, -0.25) is 9.59 Å². The molecule has 2 rings (SSSR count). The lowest BCUT2D eigenvalue weighted by atomic mass is 9.69. The fourth-order valence-corrected chi connectivity index (χ4v) is 3.78. The number of carbonyl (C=O) groups is 2. The number of nitrogens with two attached hydrogens (primary N) is 2. The molecule has 120 valence electrons. The average molecular weight is 295 g/mol. The molecule has 1 saturated heterocycles. The van der Waals surface area contributed by atoms with Crippen molar-refractivity contribution in [1.29, 1.82) is 0 Å². The van der Waals surface area contributed by atoms with Gasteiger partial charge in [0.2, 0.25) is 11.8 Å². The molecule has 2 fully saturated rings. The molecule has 1 saturated carbocycles. The van der Waals surface area contributed by atoms with Gasteiger partial charge in [0, 0.05) is 26.1 Å². The van der Waals surface area contributed by atoms with Crippen molar-refractivity contribution in [3.05, 3.63) is 0 Å². The molecule has 2 amide bonds. The summed E-state index contributed by atoms with van der Waals surface area (Å²) in [6.07, 6.45) is 6.25. The molecule has 5 nitrogen and oxygen atoms in total. The van der Waals surface area contributed by atoms with Crippen LogP contribution in [0.4, 0.5) is 0 Å². The minimum absolute atomic E-state index is 0.237. The predicted molar refractivity (Wildman–Crippen MR) is 82.2 cm³/mol. The fourth-order valence-electron chi connectivity index (χ4n) is 3.78. The van der Waals surface area contributed by atoms with Crippen LogP contribution in [0.15, 0.2) is 0 Å². The van der Waals surface area contributed by atoms with Crippen molar-refractivity contribution in [3.63, 3.8) is 0 Å². The van der Waals surface area contributed by atoms with Crippen LogP contribution >= 0.6 is 0 Å². The number of likely N-dealkylation sites (tertiary alicyclic amines) is 1. The summed E-state index contributed by atoms with van der Waals surface area (Å²) in [5.41, 5.74) is 10.9. The minimum atomic E-state index is -0.330. The van der Waals surface area contributed by atoms with Crippen LogP contribution in [0.25, 0.3) is 0 Å². The second-order valence-corrected chi connectivity index (χ2v) is 7.07. The molecule has 0 atom stereocenters. The summed E-state index contributed by atoms with van der Waals surface area (Å²) < 4.78 is 0. The molecule has 0 unspecified atom stereocenters. The highest BCUT2D eigenvalue weighted by Crippen LogP contribution is 2.40. The van der Waals surface area contributed by atoms with Crippen LogP contribution in [-0.4, -0.2) is 36.3 Å². The van der Waals surface area contributed by atoms with Crippen LogP contribution in [0, 0.1) is 17.3 Å². The van der Waals surface area contributed by atoms with Crippen molar-refractivity contribution < 1.29 is 9.59 Å². The maximum Gasteiger partial charge on any atom is 0.230 e. The van der Waals surface area contributed by atoms with E-state index in [9.17, 15) is 9.59 Å². The summed E-state index contributed by atoms with van der Waals surface area (Å²) in [5, 5.41) is 0. The Labute approximate surface area is 127 Å². The van der Waals surface area contributed by atoms with Gasteiger partial charge >= 0.3 is 0 Å². The van der Waals surface area contributed by atoms with Crippen LogP contribution in [0.1, 0.15) is 51.9 Å². The molecule has 0 bridgehead atoms. The van der Waals surface area contributed by atoms with Crippen molar-refractivity contribution in [2.24, 2.45) is 28.7 Å². The van der Waals surface area contributed by atoms with Gasteiger partial charge in [-0.25, -0.2) is 0 Å². The Hall–Kier alpha value is -1.10. The Morgan fingerprint density at radius 1 is 1.14 bits per heavy atom. The van der Waals surface area contributed by atoms with Gasteiger partial charge in [-0.1, -0.05) is 6.92 Å². The SMILES string of the molecule is CC1CCC(CN)(C(=O)N2CCC(CC(N)=O)CC2)CC1. The van der Waals surface area contributed by atoms with E-state index in [0.717, 1.165) is 51.6 Å². The van der Waals surface area contributed by atoms with Crippen molar-refractivity contribution in [2.75, 3.05) is 19.6 Å². The zero-order chi connectivity index (χ0) is 15.5. The molecule has 0 aromatic carbocycles. The van der Waals surface area contributed by atoms with Crippen LogP contribution in [0.2, 0.25) is 0 Å². The van der Waals surface area contributed by atoms with Gasteiger partial charge in [0.05, 0.1) is 5.41 Å². The molecular weight excluding hydrogens is 266 g/mol. The number of primary amides is 1. The molecule has 5 heteroatoms. The fraction of sp³-hybridized carbons (Fsp3) is 0.875. The molecular formula is C16H29N3O2. The van der Waals surface area contributed by atoms with Gasteiger partial charge in [0.25, 0.3) is 0 Å². The summed E-state index contributed by atoms with van der Waals surface area (Å²) >= 11 is 0. The monoisotopic (exact) mass is 295 g/mol. The summed E-state index contributed by atoms with van der Waals surface area (Å²) in [4.78, 5) is 25.9. The number of carbonyl (C=O) groups excluding carboxylic acids is 2. The van der Waals surface area contributed by atoms with Gasteiger partial charge < -0.3 is 16.4 Å². The number of hydrogen-bond acceptors (Lipinski definition) is 3. The highest BCUT2D eigenvalue weighted by molar-refractivity contribution is 5.83. The van der Waals surface area contributed by atoms with Crippen molar-refractivity contribution >= 4 is 11.8 Å². The van der Waals surface area contributed by atoms with E-state index >= 15 is 0 Å². The summed E-state index contributed by atoms with van der Waals surface area (Å²) in [6, 6.07) is 0. The number of piperidine rings is 1. The molecule has 1 aliphatic carbocycles. The Morgan fingerprint density at radius 2 is 1.71 bits per heavy atom. The zero-order valence-electron chi connectivity index (χ0n) is 13.1. The van der Waals surface area contributed by atoms with E-state index in [2.05, 4.69) is 6.92 Å². The lowest BCUT2D eigenvalue weighted by Gasteiger charge is -2.42. The van der Waals surface area contributed by atoms with Crippen LogP contribution in [0.3, 0.4) is 0 Å². The van der Waals surface area contributed by atoms with Crippen LogP contribution < -0.4 is 11.5 Å². The summed E-state index contributed by atoms with van der Waals surface area (Å²) in [7, 11) is 0. The molecule has 0 aromatic heterocycles. The van der Waals surface area contributed by atoms with E-state index < -0.39 is 0 Å². The standard InChI is InChI=1S/C16H29N3O2/c1-12-2-6-16(11-17,7-3-12)15(21)19-8-4-13(5-9-19)10-14(18)20/h12-13H,2-11,17H2,1H3,(H2,18,20). The van der Waals surface area contributed by atoms with Crippen molar-refractivity contribution in [2.45, 2.75) is 51.9 Å². The number of amides is 2. The molecule has 0 spiro atoms. The highest BCUT2D eigenvalue weighted by Gasteiger charge is 2.42. The third-order valence-corrected chi connectivity index (χ3v) is 5.47. The second kappa shape index (κ2) is 6.77. The third kappa shape index (κ3) is 3.76. The minimum Gasteiger partial charge on any atom is -0.370 e. The quantitative estimate of drug-likeness (QED) is 0.818. The van der Waals surface area contributed by atoms with Crippen LogP contribution in [0.5, 0.6) is 0 Å². The number of nitrogens with zero attached hydrogens (tertiary/aromatic N) is 1. The first-order chi connectivity index (χ1) is 9.97. The Morgan fingerprint density at radius 3 is 2.19 bits per heavy atom. The lowest BCUT2D eigenvalue weighted by molar-refractivity contribution is -0.145.